The van der Waals surface area contributed by atoms with Crippen LogP contribution in [0.4, 0.5) is 11.4 Å². The van der Waals surface area contributed by atoms with Crippen LogP contribution in [0, 0.1) is 0 Å². The number of carbonyl (C=O) groups is 2. The maximum absolute atomic E-state index is 12.5. The van der Waals surface area contributed by atoms with E-state index in [9.17, 15) is 9.59 Å². The number of pyridine rings is 1. The van der Waals surface area contributed by atoms with Gasteiger partial charge in [-0.15, -0.1) is 0 Å². The zero-order valence-corrected chi connectivity index (χ0v) is 15.9. The van der Waals surface area contributed by atoms with Gasteiger partial charge in [-0.1, -0.05) is 18.2 Å². The molecule has 5 rings (SSSR count). The number of imidazole rings is 1. The van der Waals surface area contributed by atoms with Crippen LogP contribution in [0.1, 0.15) is 15.9 Å². The normalized spacial score (nSPS) is 14.0. The maximum atomic E-state index is 12.5. The van der Waals surface area contributed by atoms with Gasteiger partial charge in [0.1, 0.15) is 6.33 Å². The van der Waals surface area contributed by atoms with E-state index < -0.39 is 0 Å². The van der Waals surface area contributed by atoms with E-state index in [2.05, 4.69) is 20.6 Å². The lowest BCUT2D eigenvalue weighted by Crippen LogP contribution is -2.11. The Morgan fingerprint density at radius 1 is 1.10 bits per heavy atom. The lowest BCUT2D eigenvalue weighted by Gasteiger charge is -2.07. The molecule has 1 aliphatic heterocycles. The summed E-state index contributed by atoms with van der Waals surface area (Å²) in [5.74, 6) is -0.202. The molecule has 2 aromatic heterocycles. The Balaban J connectivity index is 1.37. The summed E-state index contributed by atoms with van der Waals surface area (Å²) in [7, 11) is 0. The molecule has 0 atom stereocenters. The summed E-state index contributed by atoms with van der Waals surface area (Å²) in [5.41, 5.74) is 4.74. The SMILES string of the molecule is O=C1Nc2ccc3ncccc3c2C1=CNc1ccc(CC(=O)n2ccnc2)cc1. The Kier molecular flexibility index (Phi) is 4.33. The fraction of sp³-hybridized carbons (Fsp3) is 0.0435. The number of carbonyl (C=O) groups excluding carboxylic acids is 2. The molecule has 2 N–H and O–H groups in total. The van der Waals surface area contributed by atoms with Crippen molar-refractivity contribution in [2.24, 2.45) is 0 Å². The Bertz CT molecular complexity index is 1290. The van der Waals surface area contributed by atoms with Gasteiger partial charge in [-0.2, -0.15) is 0 Å². The largest absolute Gasteiger partial charge is 0.361 e. The van der Waals surface area contributed by atoms with Crippen LogP contribution in [0.3, 0.4) is 0 Å². The quantitative estimate of drug-likeness (QED) is 0.514. The number of hydrogen-bond acceptors (Lipinski definition) is 5. The highest BCUT2D eigenvalue weighted by molar-refractivity contribution is 6.34. The van der Waals surface area contributed by atoms with Crippen LogP contribution in [0.2, 0.25) is 0 Å². The van der Waals surface area contributed by atoms with E-state index in [4.69, 9.17) is 0 Å². The van der Waals surface area contributed by atoms with Gasteiger partial charge in [0.25, 0.3) is 5.91 Å². The highest BCUT2D eigenvalue weighted by Crippen LogP contribution is 2.37. The van der Waals surface area contributed by atoms with Gasteiger partial charge in [0.15, 0.2) is 0 Å². The second-order valence-corrected chi connectivity index (χ2v) is 6.95. The second-order valence-electron chi connectivity index (χ2n) is 6.95. The third kappa shape index (κ3) is 3.22. The highest BCUT2D eigenvalue weighted by atomic mass is 16.2. The fourth-order valence-electron chi connectivity index (χ4n) is 3.53. The lowest BCUT2D eigenvalue weighted by atomic mass is 10.0. The van der Waals surface area contributed by atoms with Crippen LogP contribution >= 0.6 is 0 Å². The topological polar surface area (TPSA) is 88.9 Å². The Morgan fingerprint density at radius 2 is 1.97 bits per heavy atom. The number of benzene rings is 2. The van der Waals surface area contributed by atoms with Crippen molar-refractivity contribution in [3.05, 3.63) is 90.8 Å². The first-order valence-electron chi connectivity index (χ1n) is 9.45. The first-order chi connectivity index (χ1) is 14.7. The zero-order valence-electron chi connectivity index (χ0n) is 15.9. The van der Waals surface area contributed by atoms with Crippen LogP contribution in [0.5, 0.6) is 0 Å². The molecule has 1 aliphatic rings. The van der Waals surface area contributed by atoms with E-state index in [-0.39, 0.29) is 18.2 Å². The minimum absolute atomic E-state index is 0.0463. The standard InChI is InChI=1S/C23H17N5O2/c29-21(28-11-10-24-14-28)12-15-3-5-16(6-4-15)26-13-18-22-17-2-1-9-25-19(17)7-8-20(22)27-23(18)30/h1-11,13-14,26H,12H2,(H,27,30). The van der Waals surface area contributed by atoms with Gasteiger partial charge in [-0.3, -0.25) is 19.1 Å². The molecular weight excluding hydrogens is 378 g/mol. The molecule has 0 spiro atoms. The summed E-state index contributed by atoms with van der Waals surface area (Å²) in [5, 5.41) is 7.01. The van der Waals surface area contributed by atoms with Crippen molar-refractivity contribution in [2.45, 2.75) is 6.42 Å². The van der Waals surface area contributed by atoms with Crippen LogP contribution in [0.15, 0.2) is 79.6 Å². The third-order valence-corrected chi connectivity index (χ3v) is 5.03. The molecule has 7 heteroatoms. The number of anilines is 2. The summed E-state index contributed by atoms with van der Waals surface area (Å²) < 4.78 is 1.46. The monoisotopic (exact) mass is 395 g/mol. The van der Waals surface area contributed by atoms with Gasteiger partial charge in [-0.05, 0) is 35.9 Å². The van der Waals surface area contributed by atoms with Crippen LogP contribution in [0.25, 0.3) is 16.5 Å². The molecule has 0 fully saturated rings. The van der Waals surface area contributed by atoms with Crippen molar-refractivity contribution in [3.8, 4) is 0 Å². The smallest absolute Gasteiger partial charge is 0.257 e. The summed E-state index contributed by atoms with van der Waals surface area (Å²) in [6.07, 6.45) is 8.43. The fourth-order valence-corrected chi connectivity index (χ4v) is 3.53. The molecule has 4 aromatic rings. The van der Waals surface area contributed by atoms with Crippen molar-refractivity contribution in [3.63, 3.8) is 0 Å². The predicted octanol–water partition coefficient (Wildman–Crippen LogP) is 3.72. The molecular formula is C23H17N5O2. The number of aromatic nitrogens is 3. The van der Waals surface area contributed by atoms with Gasteiger partial charge in [0, 0.05) is 47.1 Å². The number of fused-ring (bicyclic) bond motifs is 3. The van der Waals surface area contributed by atoms with E-state index in [0.29, 0.717) is 5.57 Å². The third-order valence-electron chi connectivity index (χ3n) is 5.03. The first-order valence-corrected chi connectivity index (χ1v) is 9.45. The van der Waals surface area contributed by atoms with Crippen LogP contribution in [-0.2, 0) is 11.2 Å². The predicted molar refractivity (Wildman–Crippen MR) is 115 cm³/mol. The molecule has 0 unspecified atom stereocenters. The Morgan fingerprint density at radius 3 is 2.77 bits per heavy atom. The molecule has 0 bridgehead atoms. The van der Waals surface area contributed by atoms with Crippen molar-refractivity contribution in [1.29, 1.82) is 0 Å². The van der Waals surface area contributed by atoms with E-state index in [1.807, 2.05) is 48.5 Å². The van der Waals surface area contributed by atoms with E-state index >= 15 is 0 Å². The molecule has 1 amide bonds. The molecule has 7 nitrogen and oxygen atoms in total. The molecule has 30 heavy (non-hydrogen) atoms. The van der Waals surface area contributed by atoms with Gasteiger partial charge < -0.3 is 10.6 Å². The van der Waals surface area contributed by atoms with Crippen molar-refractivity contribution < 1.29 is 9.59 Å². The van der Waals surface area contributed by atoms with E-state index in [1.165, 1.54) is 10.9 Å². The average molecular weight is 395 g/mol. The molecule has 2 aromatic carbocycles. The molecule has 0 saturated carbocycles. The zero-order chi connectivity index (χ0) is 20.5. The van der Waals surface area contributed by atoms with Gasteiger partial charge >= 0.3 is 0 Å². The minimum atomic E-state index is -0.156. The number of nitrogens with one attached hydrogen (secondary N) is 2. The Labute approximate surface area is 172 Å². The summed E-state index contributed by atoms with van der Waals surface area (Å²) in [4.78, 5) is 32.9. The molecule has 146 valence electrons. The van der Waals surface area contributed by atoms with Crippen LogP contribution in [-0.4, -0.2) is 26.3 Å². The molecule has 3 heterocycles. The van der Waals surface area contributed by atoms with Crippen molar-refractivity contribution in [1.82, 2.24) is 14.5 Å². The number of amides is 1. The van der Waals surface area contributed by atoms with Crippen molar-refractivity contribution in [2.75, 3.05) is 10.6 Å². The van der Waals surface area contributed by atoms with Gasteiger partial charge in [-0.25, -0.2) is 4.98 Å². The molecule has 0 aliphatic carbocycles. The summed E-state index contributed by atoms with van der Waals surface area (Å²) >= 11 is 0. The number of rotatable bonds is 4. The van der Waals surface area contributed by atoms with Crippen LogP contribution < -0.4 is 10.6 Å². The molecule has 0 radical (unpaired) electrons. The molecule has 0 saturated heterocycles. The maximum Gasteiger partial charge on any atom is 0.257 e. The summed E-state index contributed by atoms with van der Waals surface area (Å²) in [6.45, 7) is 0. The average Bonchev–Trinajstić information content (AvgIpc) is 3.41. The highest BCUT2D eigenvalue weighted by Gasteiger charge is 2.26. The van der Waals surface area contributed by atoms with Gasteiger partial charge in [0.2, 0.25) is 5.91 Å². The van der Waals surface area contributed by atoms with E-state index in [0.717, 1.165) is 33.4 Å². The second kappa shape index (κ2) is 7.29. The van der Waals surface area contributed by atoms with Gasteiger partial charge in [0.05, 0.1) is 17.5 Å². The van der Waals surface area contributed by atoms with E-state index in [1.54, 1.807) is 24.8 Å². The number of hydrogen-bond donors (Lipinski definition) is 2. The summed E-state index contributed by atoms with van der Waals surface area (Å²) in [6, 6.07) is 15.1. The number of nitrogens with zero attached hydrogens (tertiary/aromatic N) is 3. The lowest BCUT2D eigenvalue weighted by molar-refractivity contribution is -0.110. The van der Waals surface area contributed by atoms with Crippen molar-refractivity contribution >= 4 is 39.7 Å². The minimum Gasteiger partial charge on any atom is -0.361 e. The Hall–Kier alpha value is -4.26. The first kappa shape index (κ1) is 17.8.